The summed E-state index contributed by atoms with van der Waals surface area (Å²) >= 11 is 0.0625. The van der Waals surface area contributed by atoms with E-state index in [4.69, 9.17) is 34.0 Å². The first kappa shape index (κ1) is 24.5. The average Bonchev–Trinajstić information content (AvgIpc) is 3.78. The van der Waals surface area contributed by atoms with E-state index in [1.54, 1.807) is 0 Å². The zero-order chi connectivity index (χ0) is 28.2. The first-order valence-corrected chi connectivity index (χ1v) is 15.3. The van der Waals surface area contributed by atoms with E-state index in [1.807, 2.05) is 97.1 Å². The van der Waals surface area contributed by atoms with E-state index in [9.17, 15) is 0 Å². The van der Waals surface area contributed by atoms with Gasteiger partial charge in [-0.2, -0.15) is 0 Å². The first-order valence-electron chi connectivity index (χ1n) is 13.4. The number of aromatic nitrogens is 8. The number of hydrogen-bond donors (Lipinski definition) is 3. The summed E-state index contributed by atoms with van der Waals surface area (Å²) in [5.74, 6) is 2.39. The third-order valence-corrected chi connectivity index (χ3v) is 7.46. The molecule has 0 atom stereocenters. The van der Waals surface area contributed by atoms with Crippen molar-refractivity contribution in [1.29, 1.82) is 0 Å². The summed E-state index contributed by atoms with van der Waals surface area (Å²) in [7, 11) is 0. The summed E-state index contributed by atoms with van der Waals surface area (Å²) in [5, 5.41) is 3.82. The van der Waals surface area contributed by atoms with Crippen LogP contribution in [0.1, 0.15) is 0 Å². The Morgan fingerprint density at radius 2 is 0.595 bits per heavy atom. The van der Waals surface area contributed by atoms with Crippen LogP contribution in [0, 0.1) is 0 Å². The van der Waals surface area contributed by atoms with Crippen molar-refractivity contribution >= 4 is 61.0 Å². The summed E-state index contributed by atoms with van der Waals surface area (Å²) < 4.78 is 7.19. The number of aromatic amines is 2. The minimum Gasteiger partial charge on any atom is -0.324 e. The van der Waals surface area contributed by atoms with E-state index in [1.165, 1.54) is 0 Å². The van der Waals surface area contributed by atoms with E-state index in [0.29, 0.717) is 45.9 Å². The molecule has 42 heavy (non-hydrogen) atoms. The number of H-pyrrole nitrogens is 2. The Hall–Kier alpha value is -5.26. The Morgan fingerprint density at radius 1 is 0.357 bits per heavy atom. The van der Waals surface area contributed by atoms with Gasteiger partial charge in [-0.1, -0.05) is 97.1 Å². The van der Waals surface area contributed by atoms with Crippen molar-refractivity contribution in [1.82, 2.24) is 39.9 Å². The van der Waals surface area contributed by atoms with Crippen LogP contribution in [-0.2, 0) is 0 Å². The molecule has 200 valence electrons. The minimum absolute atomic E-state index is 0.0625. The monoisotopic (exact) mass is 608 g/mol. The van der Waals surface area contributed by atoms with Crippen molar-refractivity contribution in [3.8, 4) is 45.6 Å². The van der Waals surface area contributed by atoms with Crippen LogP contribution >= 0.6 is 0 Å². The predicted octanol–water partition coefficient (Wildman–Crippen LogP) is 5.13. The molecule has 0 amide bonds. The Morgan fingerprint density at radius 3 is 0.857 bits per heavy atom. The molecule has 0 unspecified atom stereocenters. The second-order valence-corrected chi connectivity index (χ2v) is 9.79. The molecule has 0 saturated carbocycles. The van der Waals surface area contributed by atoms with Gasteiger partial charge in [0, 0.05) is 43.8 Å². The fraction of sp³-hybridized carbons (Fsp3) is 0. The van der Waals surface area contributed by atoms with Crippen LogP contribution in [-0.4, -0.2) is 60.9 Å². The van der Waals surface area contributed by atoms with Crippen LogP contribution in [0.2, 0.25) is 0 Å². The van der Waals surface area contributed by atoms with Crippen LogP contribution < -0.4 is 0 Å². The second kappa shape index (κ2) is 9.69. The number of fused-ring (bicyclic) bond motifs is 20. The van der Waals surface area contributed by atoms with E-state index >= 15 is 0 Å². The van der Waals surface area contributed by atoms with Gasteiger partial charge in [0.2, 0.25) is 0 Å². The Kier molecular flexibility index (Phi) is 5.66. The smallest absolute Gasteiger partial charge is 0.164 e. The average molecular weight is 607 g/mol. The van der Waals surface area contributed by atoms with Gasteiger partial charge in [0.1, 0.15) is 22.6 Å². The van der Waals surface area contributed by atoms with Gasteiger partial charge in [-0.3, -0.25) is 0 Å². The van der Waals surface area contributed by atoms with E-state index in [0.717, 1.165) is 43.8 Å². The number of rotatable bonds is 0. The Labute approximate surface area is 247 Å². The Balaban J connectivity index is 0.00000131. The third-order valence-electron chi connectivity index (χ3n) is 7.46. The fourth-order valence-electron chi connectivity index (χ4n) is 5.59. The molecule has 3 N–H and O–H groups in total. The summed E-state index contributed by atoms with van der Waals surface area (Å²) in [5.41, 5.74) is 6.45. The molecule has 8 bridgehead atoms. The molecule has 9 nitrogen and oxygen atoms in total. The van der Waals surface area contributed by atoms with Crippen molar-refractivity contribution in [3.05, 3.63) is 97.1 Å². The van der Waals surface area contributed by atoms with Gasteiger partial charge in [-0.05, 0) is 0 Å². The van der Waals surface area contributed by atoms with E-state index < -0.39 is 0 Å². The molecule has 2 aliphatic heterocycles. The number of nitrogens with zero attached hydrogens (tertiary/aromatic N) is 6. The van der Waals surface area contributed by atoms with Gasteiger partial charge in [0.15, 0.2) is 23.3 Å². The first-order chi connectivity index (χ1) is 20.8. The van der Waals surface area contributed by atoms with Crippen molar-refractivity contribution in [3.63, 3.8) is 0 Å². The molecule has 0 radical (unpaired) electrons. The summed E-state index contributed by atoms with van der Waals surface area (Å²) in [6, 6.07) is 32.2. The predicted molar refractivity (Wildman–Crippen MR) is 168 cm³/mol. The summed E-state index contributed by atoms with van der Waals surface area (Å²) in [6.07, 6.45) is 0. The molecule has 9 rings (SSSR count). The molecule has 3 aromatic heterocycles. The number of benzene rings is 4. The van der Waals surface area contributed by atoms with Gasteiger partial charge in [0.25, 0.3) is 0 Å². The fourth-order valence-corrected chi connectivity index (χ4v) is 5.59. The quantitative estimate of drug-likeness (QED) is 0.204. The summed E-state index contributed by atoms with van der Waals surface area (Å²) in [4.78, 5) is 36.8. The molecule has 7 aromatic rings. The van der Waals surface area contributed by atoms with Gasteiger partial charge in [-0.15, -0.1) is 0 Å². The van der Waals surface area contributed by atoms with Crippen LogP contribution in [0.5, 0.6) is 0 Å². The number of hydrogen-bond acceptors (Lipinski definition) is 7. The molecule has 0 saturated heterocycles. The van der Waals surface area contributed by atoms with E-state index in [2.05, 4.69) is 9.97 Å². The van der Waals surface area contributed by atoms with Gasteiger partial charge in [0.05, 0.1) is 0 Å². The maximum Gasteiger partial charge on any atom is 0.164 e. The maximum absolute atomic E-state index is 7.19. The normalized spacial score (nSPS) is 11.6. The van der Waals surface area contributed by atoms with Gasteiger partial charge in [-0.25, -0.2) is 29.9 Å². The standard InChI is InChI=1S/C32H18N8.GeH4O/c1-2-10-18-17(9-1)25-33-26(18)38-28-21-13-5-6-14-22(21)30(35-28)40-32-24-16-8-7-15-23(24)31(36-32)39-29-20-12-4-3-11-19(20)27(34-29)37-25;1-2/h1-16H,(H2,33,34,35,36,37,38,39,40);2H,1H3. The van der Waals surface area contributed by atoms with Crippen LogP contribution in [0.3, 0.4) is 0 Å². The summed E-state index contributed by atoms with van der Waals surface area (Å²) in [6.45, 7) is 0. The van der Waals surface area contributed by atoms with Crippen LogP contribution in [0.4, 0.5) is 0 Å². The molecule has 10 heteroatoms. The van der Waals surface area contributed by atoms with Crippen LogP contribution in [0.25, 0.3) is 89.7 Å². The van der Waals surface area contributed by atoms with Crippen molar-refractivity contribution in [2.24, 2.45) is 0 Å². The largest absolute Gasteiger partial charge is 0.324 e. The number of nitrogens with one attached hydrogen (secondary N) is 2. The molecule has 5 heterocycles. The maximum atomic E-state index is 7.19. The van der Waals surface area contributed by atoms with Crippen LogP contribution in [0.15, 0.2) is 97.1 Å². The molecule has 2 aliphatic rings. The zero-order valence-corrected chi connectivity index (χ0v) is 26.6. The van der Waals surface area contributed by atoms with E-state index in [-0.39, 0.29) is 16.9 Å². The van der Waals surface area contributed by atoms with Crippen molar-refractivity contribution in [2.75, 3.05) is 0 Å². The zero-order valence-electron chi connectivity index (χ0n) is 22.4. The third kappa shape index (κ3) is 3.75. The van der Waals surface area contributed by atoms with Crippen molar-refractivity contribution in [2.45, 2.75) is 0 Å². The minimum atomic E-state index is 0.0625. The Bertz CT molecular complexity index is 2040. The molecule has 0 aliphatic carbocycles. The molecular formula is C32H22GeN8O. The molecule has 4 aromatic carbocycles. The van der Waals surface area contributed by atoms with Gasteiger partial charge < -0.3 is 9.97 Å². The molecular weight excluding hydrogens is 585 g/mol. The SMILES string of the molecule is [OH][GeH3].c1ccc2c(c1)-c1nc-2nc2[nH]c(nc3nc(nc4[nH]c(n1)c1ccccc41)-c1ccccc1-3)c1ccccc21. The van der Waals surface area contributed by atoms with Gasteiger partial charge >= 0.3 is 21.0 Å². The topological polar surface area (TPSA) is 129 Å². The van der Waals surface area contributed by atoms with Crippen molar-refractivity contribution < 1.29 is 4.13 Å². The second-order valence-electron chi connectivity index (χ2n) is 9.79. The molecule has 0 fully saturated rings. The molecule has 0 spiro atoms.